The second-order valence-corrected chi connectivity index (χ2v) is 5.75. The van der Waals surface area contributed by atoms with Crippen molar-refractivity contribution < 1.29 is 14.3 Å². The van der Waals surface area contributed by atoms with Crippen LogP contribution in [0.2, 0.25) is 0 Å². The van der Waals surface area contributed by atoms with E-state index in [0.29, 0.717) is 24.7 Å². The third-order valence-electron chi connectivity index (χ3n) is 3.48. The van der Waals surface area contributed by atoms with E-state index in [1.165, 1.54) is 11.3 Å². The highest BCUT2D eigenvalue weighted by atomic mass is 32.1. The maximum Gasteiger partial charge on any atom is 0.348 e. The van der Waals surface area contributed by atoms with Gasteiger partial charge in [0.05, 0.1) is 25.2 Å². The smallest absolute Gasteiger partial charge is 0.348 e. The standard InChI is InChI=1S/C14H17N3O3S/c1-3-20-14(18)11-9(2)10-12(15-8-16-13(10)21-11)17-4-6-19-7-5-17/h8H,3-7H2,1-2H3. The number of morpholine rings is 1. The predicted molar refractivity (Wildman–Crippen MR) is 81.1 cm³/mol. The largest absolute Gasteiger partial charge is 0.462 e. The van der Waals surface area contributed by atoms with Gasteiger partial charge in [0.2, 0.25) is 0 Å². The molecule has 3 heterocycles. The lowest BCUT2D eigenvalue weighted by molar-refractivity contribution is 0.0531. The van der Waals surface area contributed by atoms with E-state index in [-0.39, 0.29) is 5.97 Å². The van der Waals surface area contributed by atoms with Crippen LogP contribution in [0.25, 0.3) is 10.2 Å². The number of aryl methyl sites for hydroxylation is 1. The second-order valence-electron chi connectivity index (χ2n) is 4.75. The number of anilines is 1. The summed E-state index contributed by atoms with van der Waals surface area (Å²) in [7, 11) is 0. The van der Waals surface area contributed by atoms with Gasteiger partial charge in [-0.3, -0.25) is 0 Å². The van der Waals surface area contributed by atoms with Crippen molar-refractivity contribution in [1.29, 1.82) is 0 Å². The molecule has 0 unspecified atom stereocenters. The van der Waals surface area contributed by atoms with Crippen LogP contribution in [0, 0.1) is 6.92 Å². The summed E-state index contributed by atoms with van der Waals surface area (Å²) in [5.74, 6) is 0.596. The van der Waals surface area contributed by atoms with E-state index in [9.17, 15) is 4.79 Å². The van der Waals surface area contributed by atoms with Crippen LogP contribution in [-0.4, -0.2) is 48.8 Å². The zero-order chi connectivity index (χ0) is 14.8. The Morgan fingerprint density at radius 2 is 2.19 bits per heavy atom. The number of carbonyl (C=O) groups is 1. The zero-order valence-electron chi connectivity index (χ0n) is 12.1. The fourth-order valence-corrected chi connectivity index (χ4v) is 3.50. The number of hydrogen-bond donors (Lipinski definition) is 0. The van der Waals surface area contributed by atoms with Crippen molar-refractivity contribution in [2.24, 2.45) is 0 Å². The molecule has 6 nitrogen and oxygen atoms in total. The summed E-state index contributed by atoms with van der Waals surface area (Å²) in [6, 6.07) is 0. The van der Waals surface area contributed by atoms with Gasteiger partial charge in [-0.25, -0.2) is 14.8 Å². The molecule has 0 aliphatic carbocycles. The molecule has 0 N–H and O–H groups in total. The van der Waals surface area contributed by atoms with Crippen LogP contribution in [-0.2, 0) is 9.47 Å². The van der Waals surface area contributed by atoms with Crippen LogP contribution in [0.4, 0.5) is 5.82 Å². The molecule has 0 bridgehead atoms. The fourth-order valence-electron chi connectivity index (χ4n) is 2.46. The zero-order valence-corrected chi connectivity index (χ0v) is 12.9. The molecule has 7 heteroatoms. The predicted octanol–water partition coefficient (Wildman–Crippen LogP) is 2.01. The Bertz CT molecular complexity index is 665. The van der Waals surface area contributed by atoms with Crippen molar-refractivity contribution in [2.45, 2.75) is 13.8 Å². The molecule has 2 aromatic rings. The molecule has 0 atom stereocenters. The number of thiophene rings is 1. The Hall–Kier alpha value is -1.73. The Balaban J connectivity index is 2.07. The van der Waals surface area contributed by atoms with Crippen molar-refractivity contribution >= 4 is 33.3 Å². The second kappa shape index (κ2) is 5.95. The number of aromatic nitrogens is 2. The molecule has 21 heavy (non-hydrogen) atoms. The number of fused-ring (bicyclic) bond motifs is 1. The van der Waals surface area contributed by atoms with Crippen molar-refractivity contribution in [2.75, 3.05) is 37.8 Å². The first-order chi connectivity index (χ1) is 10.2. The van der Waals surface area contributed by atoms with Gasteiger partial charge in [0.25, 0.3) is 0 Å². The number of rotatable bonds is 3. The number of hydrogen-bond acceptors (Lipinski definition) is 7. The lowest BCUT2D eigenvalue weighted by Gasteiger charge is -2.28. The monoisotopic (exact) mass is 307 g/mol. The van der Waals surface area contributed by atoms with Crippen molar-refractivity contribution in [1.82, 2.24) is 9.97 Å². The minimum atomic E-state index is -0.286. The maximum atomic E-state index is 12.0. The van der Waals surface area contributed by atoms with Gasteiger partial charge < -0.3 is 14.4 Å². The highest BCUT2D eigenvalue weighted by molar-refractivity contribution is 7.20. The van der Waals surface area contributed by atoms with Crippen LogP contribution < -0.4 is 4.90 Å². The first-order valence-electron chi connectivity index (χ1n) is 6.96. The Kier molecular flexibility index (Phi) is 4.03. The van der Waals surface area contributed by atoms with Gasteiger partial charge in [0.15, 0.2) is 0 Å². The van der Waals surface area contributed by atoms with Crippen LogP contribution >= 0.6 is 11.3 Å². The Morgan fingerprint density at radius 3 is 2.90 bits per heavy atom. The van der Waals surface area contributed by atoms with Gasteiger partial charge in [-0.05, 0) is 19.4 Å². The number of esters is 1. The molecule has 0 saturated carbocycles. The van der Waals surface area contributed by atoms with E-state index in [0.717, 1.165) is 34.7 Å². The molecule has 1 aliphatic rings. The quantitative estimate of drug-likeness (QED) is 0.808. The molecule has 112 valence electrons. The summed E-state index contributed by atoms with van der Waals surface area (Å²) < 4.78 is 10.5. The Labute approximate surface area is 126 Å². The van der Waals surface area contributed by atoms with Crippen LogP contribution in [0.5, 0.6) is 0 Å². The normalized spacial score (nSPS) is 15.4. The molecule has 3 rings (SSSR count). The van der Waals surface area contributed by atoms with Gasteiger partial charge >= 0.3 is 5.97 Å². The molecule has 1 fully saturated rings. The van der Waals surface area contributed by atoms with Crippen LogP contribution in [0.3, 0.4) is 0 Å². The summed E-state index contributed by atoms with van der Waals surface area (Å²) in [4.78, 5) is 24.4. The third kappa shape index (κ3) is 2.58. The van der Waals surface area contributed by atoms with E-state index < -0.39 is 0 Å². The highest BCUT2D eigenvalue weighted by Gasteiger charge is 2.23. The SMILES string of the molecule is CCOC(=O)c1sc2ncnc(N3CCOCC3)c2c1C. The highest BCUT2D eigenvalue weighted by Crippen LogP contribution is 2.35. The van der Waals surface area contributed by atoms with E-state index in [2.05, 4.69) is 14.9 Å². The summed E-state index contributed by atoms with van der Waals surface area (Å²) in [5.41, 5.74) is 0.899. The van der Waals surface area contributed by atoms with Gasteiger partial charge in [-0.15, -0.1) is 11.3 Å². The average Bonchev–Trinajstić information content (AvgIpc) is 2.86. The summed E-state index contributed by atoms with van der Waals surface area (Å²) in [5, 5.41) is 0.951. The van der Waals surface area contributed by atoms with Crippen molar-refractivity contribution in [3.05, 3.63) is 16.8 Å². The van der Waals surface area contributed by atoms with Crippen molar-refractivity contribution in [3.63, 3.8) is 0 Å². The first-order valence-corrected chi connectivity index (χ1v) is 7.78. The maximum absolute atomic E-state index is 12.0. The first kappa shape index (κ1) is 14.2. The number of ether oxygens (including phenoxy) is 2. The summed E-state index contributed by atoms with van der Waals surface area (Å²) in [6.07, 6.45) is 1.55. The van der Waals surface area contributed by atoms with Crippen molar-refractivity contribution in [3.8, 4) is 0 Å². The number of nitrogens with zero attached hydrogens (tertiary/aromatic N) is 3. The average molecular weight is 307 g/mol. The van der Waals surface area contributed by atoms with Crippen LogP contribution in [0.15, 0.2) is 6.33 Å². The third-order valence-corrected chi connectivity index (χ3v) is 4.66. The van der Waals surface area contributed by atoms with E-state index in [1.54, 1.807) is 13.3 Å². The molecule has 0 aromatic carbocycles. The van der Waals surface area contributed by atoms with Gasteiger partial charge in [-0.1, -0.05) is 0 Å². The van der Waals surface area contributed by atoms with E-state index in [1.807, 2.05) is 6.92 Å². The Morgan fingerprint density at radius 1 is 1.43 bits per heavy atom. The minimum absolute atomic E-state index is 0.286. The minimum Gasteiger partial charge on any atom is -0.462 e. The molecule has 0 radical (unpaired) electrons. The molecular weight excluding hydrogens is 290 g/mol. The fraction of sp³-hybridized carbons (Fsp3) is 0.500. The summed E-state index contributed by atoms with van der Waals surface area (Å²) in [6.45, 7) is 7.09. The molecule has 1 aliphatic heterocycles. The van der Waals surface area contributed by atoms with Crippen LogP contribution in [0.1, 0.15) is 22.2 Å². The lowest BCUT2D eigenvalue weighted by atomic mass is 10.2. The lowest BCUT2D eigenvalue weighted by Crippen LogP contribution is -2.36. The van der Waals surface area contributed by atoms with Gasteiger partial charge in [0, 0.05) is 13.1 Å². The molecule has 1 saturated heterocycles. The molecule has 0 amide bonds. The topological polar surface area (TPSA) is 64.5 Å². The molecular formula is C14H17N3O3S. The number of carbonyl (C=O) groups excluding carboxylic acids is 1. The molecule has 0 spiro atoms. The van der Waals surface area contributed by atoms with Gasteiger partial charge in [0.1, 0.15) is 21.9 Å². The van der Waals surface area contributed by atoms with E-state index >= 15 is 0 Å². The summed E-state index contributed by atoms with van der Waals surface area (Å²) >= 11 is 1.37. The van der Waals surface area contributed by atoms with E-state index in [4.69, 9.17) is 9.47 Å². The van der Waals surface area contributed by atoms with Gasteiger partial charge in [-0.2, -0.15) is 0 Å². The molecule has 2 aromatic heterocycles.